The van der Waals surface area contributed by atoms with Crippen LogP contribution in [0.15, 0.2) is 59.8 Å². The lowest BCUT2D eigenvalue weighted by Crippen LogP contribution is -2.25. The average Bonchev–Trinajstić information content (AvgIpc) is 3.13. The molecule has 1 aromatic heterocycles. The van der Waals surface area contributed by atoms with Gasteiger partial charge in [-0.2, -0.15) is 0 Å². The van der Waals surface area contributed by atoms with E-state index in [0.717, 1.165) is 5.56 Å². The SMILES string of the molecule is O=C(CSc1n[nH]c(/C=C/c2ccccc2)n1)NCc1ccccc1F. The van der Waals surface area contributed by atoms with Crippen LogP contribution in [-0.2, 0) is 11.3 Å². The molecular weight excluding hydrogens is 351 g/mol. The molecule has 3 aromatic rings. The number of H-pyrrole nitrogens is 1. The lowest BCUT2D eigenvalue weighted by atomic mass is 10.2. The van der Waals surface area contributed by atoms with E-state index in [0.29, 0.717) is 16.5 Å². The Balaban J connectivity index is 1.46. The van der Waals surface area contributed by atoms with Gasteiger partial charge in [-0.05, 0) is 17.7 Å². The molecule has 0 aliphatic rings. The van der Waals surface area contributed by atoms with Gasteiger partial charge in [0.25, 0.3) is 0 Å². The second-order valence-electron chi connectivity index (χ2n) is 5.40. The molecule has 1 heterocycles. The summed E-state index contributed by atoms with van der Waals surface area (Å²) in [6.07, 6.45) is 3.75. The van der Waals surface area contributed by atoms with Crippen molar-refractivity contribution >= 4 is 29.8 Å². The number of nitrogens with one attached hydrogen (secondary N) is 2. The molecule has 0 aliphatic carbocycles. The normalized spacial score (nSPS) is 11.0. The van der Waals surface area contributed by atoms with E-state index in [-0.39, 0.29) is 24.0 Å². The molecule has 0 saturated carbocycles. The monoisotopic (exact) mass is 368 g/mol. The first-order valence-corrected chi connectivity index (χ1v) is 8.98. The van der Waals surface area contributed by atoms with Crippen LogP contribution in [0, 0.1) is 5.82 Å². The van der Waals surface area contributed by atoms with Gasteiger partial charge in [-0.3, -0.25) is 9.89 Å². The highest BCUT2D eigenvalue weighted by Gasteiger charge is 2.08. The van der Waals surface area contributed by atoms with E-state index in [4.69, 9.17) is 0 Å². The molecule has 5 nitrogen and oxygen atoms in total. The molecule has 7 heteroatoms. The van der Waals surface area contributed by atoms with Gasteiger partial charge in [0.2, 0.25) is 11.1 Å². The van der Waals surface area contributed by atoms with Gasteiger partial charge in [0, 0.05) is 12.1 Å². The number of halogens is 1. The van der Waals surface area contributed by atoms with Crippen molar-refractivity contribution in [2.75, 3.05) is 5.75 Å². The molecule has 0 atom stereocenters. The Hall–Kier alpha value is -2.93. The van der Waals surface area contributed by atoms with Crippen LogP contribution < -0.4 is 5.32 Å². The molecule has 0 bridgehead atoms. The number of aromatic amines is 1. The molecule has 1 amide bonds. The Morgan fingerprint density at radius 2 is 1.88 bits per heavy atom. The first-order valence-electron chi connectivity index (χ1n) is 7.99. The number of carbonyl (C=O) groups is 1. The van der Waals surface area contributed by atoms with Gasteiger partial charge in [-0.25, -0.2) is 9.37 Å². The van der Waals surface area contributed by atoms with E-state index in [2.05, 4.69) is 20.5 Å². The molecule has 0 fully saturated rings. The summed E-state index contributed by atoms with van der Waals surface area (Å²) >= 11 is 1.22. The summed E-state index contributed by atoms with van der Waals surface area (Å²) in [5, 5.41) is 10.1. The van der Waals surface area contributed by atoms with Gasteiger partial charge in [0.05, 0.1) is 5.75 Å². The van der Waals surface area contributed by atoms with Gasteiger partial charge in [0.1, 0.15) is 11.6 Å². The molecule has 0 unspecified atom stereocenters. The number of aromatic nitrogens is 3. The van der Waals surface area contributed by atoms with Crippen LogP contribution in [0.3, 0.4) is 0 Å². The number of thioether (sulfide) groups is 1. The molecular formula is C19H17FN4OS. The summed E-state index contributed by atoms with van der Waals surface area (Å²) in [7, 11) is 0. The predicted molar refractivity (Wildman–Crippen MR) is 101 cm³/mol. The van der Waals surface area contributed by atoms with Crippen molar-refractivity contribution in [3.05, 3.63) is 77.4 Å². The van der Waals surface area contributed by atoms with Gasteiger partial charge >= 0.3 is 0 Å². The number of amides is 1. The zero-order valence-electron chi connectivity index (χ0n) is 13.9. The second kappa shape index (κ2) is 8.96. The van der Waals surface area contributed by atoms with Crippen molar-refractivity contribution in [2.24, 2.45) is 0 Å². The number of rotatable bonds is 7. The van der Waals surface area contributed by atoms with E-state index in [1.165, 1.54) is 17.8 Å². The van der Waals surface area contributed by atoms with Crippen molar-refractivity contribution in [1.29, 1.82) is 0 Å². The molecule has 0 radical (unpaired) electrons. The number of benzene rings is 2. The molecule has 2 aromatic carbocycles. The molecule has 0 saturated heterocycles. The third kappa shape index (κ3) is 5.29. The highest BCUT2D eigenvalue weighted by atomic mass is 32.2. The summed E-state index contributed by atoms with van der Waals surface area (Å²) in [6, 6.07) is 16.2. The third-order valence-corrected chi connectivity index (χ3v) is 4.33. The Morgan fingerprint density at radius 3 is 2.69 bits per heavy atom. The fourth-order valence-corrected chi connectivity index (χ4v) is 2.79. The average molecular weight is 368 g/mol. The highest BCUT2D eigenvalue weighted by molar-refractivity contribution is 7.99. The minimum Gasteiger partial charge on any atom is -0.351 e. The summed E-state index contributed by atoms with van der Waals surface area (Å²) in [5.41, 5.74) is 1.52. The predicted octanol–water partition coefficient (Wildman–Crippen LogP) is 3.52. The van der Waals surface area contributed by atoms with Crippen molar-refractivity contribution in [1.82, 2.24) is 20.5 Å². The summed E-state index contributed by atoms with van der Waals surface area (Å²) in [4.78, 5) is 16.2. The highest BCUT2D eigenvalue weighted by Crippen LogP contribution is 2.13. The fourth-order valence-electron chi connectivity index (χ4n) is 2.15. The minimum atomic E-state index is -0.329. The van der Waals surface area contributed by atoms with E-state index < -0.39 is 0 Å². The number of carbonyl (C=O) groups excluding carboxylic acids is 1. The minimum absolute atomic E-state index is 0.158. The van der Waals surface area contributed by atoms with Crippen LogP contribution in [0.5, 0.6) is 0 Å². The third-order valence-electron chi connectivity index (χ3n) is 3.48. The molecule has 0 spiro atoms. The maximum Gasteiger partial charge on any atom is 0.230 e. The lowest BCUT2D eigenvalue weighted by molar-refractivity contribution is -0.118. The fraction of sp³-hybridized carbons (Fsp3) is 0.105. The van der Waals surface area contributed by atoms with Crippen molar-refractivity contribution < 1.29 is 9.18 Å². The van der Waals surface area contributed by atoms with Crippen molar-refractivity contribution in [2.45, 2.75) is 11.7 Å². The second-order valence-corrected chi connectivity index (χ2v) is 6.35. The molecule has 0 aliphatic heterocycles. The maximum absolute atomic E-state index is 13.5. The molecule has 132 valence electrons. The summed E-state index contributed by atoms with van der Waals surface area (Å²) in [5.74, 6) is 0.241. The quantitative estimate of drug-likeness (QED) is 0.626. The molecule has 26 heavy (non-hydrogen) atoms. The first-order chi connectivity index (χ1) is 12.7. The molecule has 3 rings (SSSR count). The summed E-state index contributed by atoms with van der Waals surface area (Å²) < 4.78 is 13.5. The Morgan fingerprint density at radius 1 is 1.12 bits per heavy atom. The zero-order chi connectivity index (χ0) is 18.2. The van der Waals surface area contributed by atoms with Gasteiger partial charge < -0.3 is 5.32 Å². The zero-order valence-corrected chi connectivity index (χ0v) is 14.7. The standard InChI is InChI=1S/C19H17FN4OS/c20-16-9-5-4-8-15(16)12-21-18(25)13-26-19-22-17(23-24-19)11-10-14-6-2-1-3-7-14/h1-11H,12-13H2,(H,21,25)(H,22,23,24)/b11-10+. The van der Waals surface area contributed by atoms with E-state index in [9.17, 15) is 9.18 Å². The van der Waals surface area contributed by atoms with E-state index in [1.807, 2.05) is 42.5 Å². The van der Waals surface area contributed by atoms with Gasteiger partial charge in [-0.1, -0.05) is 66.4 Å². The lowest BCUT2D eigenvalue weighted by Gasteiger charge is -2.05. The van der Waals surface area contributed by atoms with Gasteiger partial charge in [0.15, 0.2) is 0 Å². The largest absolute Gasteiger partial charge is 0.351 e. The first kappa shape index (κ1) is 17.9. The maximum atomic E-state index is 13.5. The van der Waals surface area contributed by atoms with E-state index in [1.54, 1.807) is 18.2 Å². The van der Waals surface area contributed by atoms with Crippen molar-refractivity contribution in [3.63, 3.8) is 0 Å². The Bertz CT molecular complexity index is 895. The Labute approximate surface area is 154 Å². The van der Waals surface area contributed by atoms with Crippen LogP contribution in [-0.4, -0.2) is 26.8 Å². The van der Waals surface area contributed by atoms with Crippen LogP contribution in [0.2, 0.25) is 0 Å². The number of hydrogen-bond acceptors (Lipinski definition) is 4. The van der Waals surface area contributed by atoms with E-state index >= 15 is 0 Å². The Kier molecular flexibility index (Phi) is 6.16. The van der Waals surface area contributed by atoms with Crippen LogP contribution in [0.25, 0.3) is 12.2 Å². The number of nitrogens with zero attached hydrogens (tertiary/aromatic N) is 2. The van der Waals surface area contributed by atoms with Crippen LogP contribution in [0.1, 0.15) is 17.0 Å². The topological polar surface area (TPSA) is 70.7 Å². The number of hydrogen-bond donors (Lipinski definition) is 2. The van der Waals surface area contributed by atoms with Crippen LogP contribution in [0.4, 0.5) is 4.39 Å². The molecule has 2 N–H and O–H groups in total. The van der Waals surface area contributed by atoms with Gasteiger partial charge in [-0.15, -0.1) is 5.10 Å². The van der Waals surface area contributed by atoms with Crippen molar-refractivity contribution in [3.8, 4) is 0 Å². The smallest absolute Gasteiger partial charge is 0.230 e. The van der Waals surface area contributed by atoms with Crippen LogP contribution >= 0.6 is 11.8 Å². The summed E-state index contributed by atoms with van der Waals surface area (Å²) in [6.45, 7) is 0.158.